The summed E-state index contributed by atoms with van der Waals surface area (Å²) in [7, 11) is 0. The van der Waals surface area contributed by atoms with Crippen molar-refractivity contribution in [3.05, 3.63) is 10.7 Å². The molecule has 2 aliphatic rings. The maximum absolute atomic E-state index is 12.2. The third-order valence-electron chi connectivity index (χ3n) is 3.47. The van der Waals surface area contributed by atoms with E-state index in [0.717, 1.165) is 12.8 Å². The van der Waals surface area contributed by atoms with Crippen LogP contribution in [0.3, 0.4) is 0 Å². The van der Waals surface area contributed by atoms with Gasteiger partial charge in [0, 0.05) is 25.3 Å². The normalized spacial score (nSPS) is 26.4. The van der Waals surface area contributed by atoms with E-state index < -0.39 is 11.2 Å². The third-order valence-corrected chi connectivity index (χ3v) is 4.40. The molecule has 0 aromatic heterocycles. The predicted octanol–water partition coefficient (Wildman–Crippen LogP) is 2.82. The minimum atomic E-state index is -0.551. The number of nitrogens with zero attached hydrogens (tertiary/aromatic N) is 3. The van der Waals surface area contributed by atoms with Gasteiger partial charge in [-0.1, -0.05) is 11.6 Å². The van der Waals surface area contributed by atoms with Gasteiger partial charge in [0.25, 0.3) is 0 Å². The number of carbonyl (C=O) groups excluding carboxylic acids is 1. The lowest BCUT2D eigenvalue weighted by Gasteiger charge is -2.41. The lowest BCUT2D eigenvalue weighted by molar-refractivity contribution is 0.0132. The van der Waals surface area contributed by atoms with Crippen LogP contribution in [0.2, 0.25) is 0 Å². The molecule has 1 unspecified atom stereocenters. The number of amidine groups is 1. The fourth-order valence-electron chi connectivity index (χ4n) is 2.47. The molecule has 1 amide bonds. The van der Waals surface area contributed by atoms with Crippen molar-refractivity contribution < 1.29 is 9.53 Å². The van der Waals surface area contributed by atoms with E-state index in [1.165, 1.54) is 0 Å². The van der Waals surface area contributed by atoms with Gasteiger partial charge in [-0.3, -0.25) is 0 Å². The summed E-state index contributed by atoms with van der Waals surface area (Å²) in [5, 5.41) is 0. The molecule has 6 nitrogen and oxygen atoms in total. The Morgan fingerprint density at radius 3 is 2.86 bits per heavy atom. The van der Waals surface area contributed by atoms with Gasteiger partial charge in [0.2, 0.25) is 0 Å². The Hall–Kier alpha value is -0.950. The van der Waals surface area contributed by atoms with Gasteiger partial charge in [0.05, 0.1) is 4.48 Å². The average molecular weight is 394 g/mol. The number of halogens is 2. The van der Waals surface area contributed by atoms with Gasteiger partial charge in [-0.05, 0) is 49.5 Å². The number of aliphatic imine (C=N–C) groups is 1. The molecule has 0 aromatic carbocycles. The molecule has 0 bridgehead atoms. The van der Waals surface area contributed by atoms with E-state index in [0.29, 0.717) is 23.4 Å². The molecule has 8 heteroatoms. The Kier molecular flexibility index (Phi) is 5.27. The summed E-state index contributed by atoms with van der Waals surface area (Å²) in [6.07, 6.45) is 3.40. The zero-order valence-corrected chi connectivity index (χ0v) is 15.4. The second-order valence-electron chi connectivity index (χ2n) is 6.47. The summed E-state index contributed by atoms with van der Waals surface area (Å²) < 4.78 is 6.15. The minimum absolute atomic E-state index is 0.0909. The Morgan fingerprint density at radius 1 is 1.55 bits per heavy atom. The average Bonchev–Trinajstić information content (AvgIpc) is 2.41. The van der Waals surface area contributed by atoms with Crippen LogP contribution < -0.4 is 5.73 Å². The molecule has 2 atom stereocenters. The largest absolute Gasteiger partial charge is 0.444 e. The number of carbonyl (C=O) groups is 1. The highest BCUT2D eigenvalue weighted by atomic mass is 79.9. The van der Waals surface area contributed by atoms with Crippen molar-refractivity contribution in [3.63, 3.8) is 0 Å². The van der Waals surface area contributed by atoms with E-state index >= 15 is 0 Å². The van der Waals surface area contributed by atoms with Crippen molar-refractivity contribution in [2.75, 3.05) is 13.1 Å². The number of hydrogen-bond acceptors (Lipinski definition) is 5. The van der Waals surface area contributed by atoms with Crippen LogP contribution in [0.1, 0.15) is 33.6 Å². The molecule has 124 valence electrons. The van der Waals surface area contributed by atoms with Gasteiger partial charge in [0.15, 0.2) is 5.62 Å². The molecule has 2 aliphatic heterocycles. The number of likely N-dealkylation sites (tertiary alicyclic amines) is 1. The van der Waals surface area contributed by atoms with Crippen molar-refractivity contribution in [1.82, 2.24) is 9.80 Å². The van der Waals surface area contributed by atoms with Crippen LogP contribution in [0.25, 0.3) is 0 Å². The first-order valence-corrected chi connectivity index (χ1v) is 8.51. The lowest BCUT2D eigenvalue weighted by Crippen LogP contribution is -2.51. The number of nitrogens with two attached hydrogens (primary N) is 1. The van der Waals surface area contributed by atoms with Gasteiger partial charge in [0.1, 0.15) is 11.4 Å². The second kappa shape index (κ2) is 6.66. The number of hydrogen-bond donors (Lipinski definition) is 1. The molecule has 1 fully saturated rings. The third kappa shape index (κ3) is 4.29. The molecule has 0 aromatic rings. The Balaban J connectivity index is 2.04. The summed E-state index contributed by atoms with van der Waals surface area (Å²) in [6, 6.07) is 0.0909. The Morgan fingerprint density at radius 2 is 2.23 bits per heavy atom. The fourth-order valence-corrected chi connectivity index (χ4v) is 3.13. The maximum atomic E-state index is 12.2. The quantitative estimate of drug-likeness (QED) is 0.549. The van der Waals surface area contributed by atoms with Gasteiger partial charge in [-0.15, -0.1) is 0 Å². The molecule has 2 rings (SSSR count). The topological polar surface area (TPSA) is 71.2 Å². The van der Waals surface area contributed by atoms with Gasteiger partial charge in [-0.25, -0.2) is 9.79 Å². The minimum Gasteiger partial charge on any atom is -0.444 e. The molecule has 0 spiro atoms. The molecule has 22 heavy (non-hydrogen) atoms. The van der Waals surface area contributed by atoms with E-state index in [1.54, 1.807) is 4.90 Å². The number of alkyl halides is 1. The SMILES string of the molecule is CC(C)(C)OC(=O)N1CCCC(N2C=C(Br)C(N)=N[C@H]2Cl)C1. The van der Waals surface area contributed by atoms with E-state index in [9.17, 15) is 4.79 Å². The van der Waals surface area contributed by atoms with Crippen LogP contribution >= 0.6 is 27.5 Å². The summed E-state index contributed by atoms with van der Waals surface area (Å²) in [5.41, 5.74) is 4.70. The van der Waals surface area contributed by atoms with Crippen molar-refractivity contribution in [2.45, 2.75) is 50.9 Å². The standard InChI is InChI=1S/C14H22BrClN4O2/c1-14(2,3)22-13(21)19-6-4-5-9(7-19)20-8-10(15)11(17)18-12(20)16/h8-9,12H,4-7H2,1-3H3,(H2,17,18)/t9?,12-/m1/s1. The number of piperidine rings is 1. The second-order valence-corrected chi connectivity index (χ2v) is 7.72. The first kappa shape index (κ1) is 17.4. The Labute approximate surface area is 144 Å². The molecule has 0 radical (unpaired) electrons. The Bertz CT molecular complexity index is 504. The molecule has 2 heterocycles. The van der Waals surface area contributed by atoms with Crippen molar-refractivity contribution in [3.8, 4) is 0 Å². The van der Waals surface area contributed by atoms with Crippen molar-refractivity contribution >= 4 is 39.5 Å². The molecule has 1 saturated heterocycles. The highest BCUT2D eigenvalue weighted by Crippen LogP contribution is 2.27. The van der Waals surface area contributed by atoms with Gasteiger partial charge < -0.3 is 20.3 Å². The summed E-state index contributed by atoms with van der Waals surface area (Å²) in [4.78, 5) is 20.1. The summed E-state index contributed by atoms with van der Waals surface area (Å²) in [6.45, 7) is 6.85. The highest BCUT2D eigenvalue weighted by molar-refractivity contribution is 9.12. The van der Waals surface area contributed by atoms with Crippen molar-refractivity contribution in [1.29, 1.82) is 0 Å². The maximum Gasteiger partial charge on any atom is 0.410 e. The lowest BCUT2D eigenvalue weighted by atomic mass is 10.0. The van der Waals surface area contributed by atoms with Gasteiger partial charge in [-0.2, -0.15) is 0 Å². The van der Waals surface area contributed by atoms with Crippen LogP contribution in [0.4, 0.5) is 4.79 Å². The monoisotopic (exact) mass is 392 g/mol. The zero-order valence-electron chi connectivity index (χ0n) is 13.1. The van der Waals surface area contributed by atoms with Crippen molar-refractivity contribution in [2.24, 2.45) is 10.7 Å². The molecule has 0 aliphatic carbocycles. The predicted molar refractivity (Wildman–Crippen MR) is 90.9 cm³/mol. The van der Waals surface area contributed by atoms with Gasteiger partial charge >= 0.3 is 6.09 Å². The van der Waals surface area contributed by atoms with E-state index in [4.69, 9.17) is 22.1 Å². The fraction of sp³-hybridized carbons (Fsp3) is 0.714. The number of ether oxygens (including phenoxy) is 1. The first-order valence-electron chi connectivity index (χ1n) is 7.28. The van der Waals surface area contributed by atoms with E-state index in [2.05, 4.69) is 20.9 Å². The smallest absolute Gasteiger partial charge is 0.410 e. The highest BCUT2D eigenvalue weighted by Gasteiger charge is 2.33. The van der Waals surface area contributed by atoms with Crippen LogP contribution in [0.5, 0.6) is 0 Å². The first-order chi connectivity index (χ1) is 10.2. The van der Waals surface area contributed by atoms with E-state index in [1.807, 2.05) is 31.9 Å². The zero-order chi connectivity index (χ0) is 16.5. The molecule has 0 saturated carbocycles. The van der Waals surface area contributed by atoms with Crippen LogP contribution in [0, 0.1) is 0 Å². The van der Waals surface area contributed by atoms with Crippen LogP contribution in [-0.2, 0) is 4.74 Å². The van der Waals surface area contributed by atoms with E-state index in [-0.39, 0.29) is 12.1 Å². The summed E-state index contributed by atoms with van der Waals surface area (Å²) in [5.74, 6) is 0.385. The van der Waals surface area contributed by atoms with Crippen LogP contribution in [-0.4, -0.2) is 52.1 Å². The number of amides is 1. The molecule has 2 N–H and O–H groups in total. The van der Waals surface area contributed by atoms with Crippen LogP contribution in [0.15, 0.2) is 15.7 Å². The molecular weight excluding hydrogens is 372 g/mol. The number of rotatable bonds is 1. The molecular formula is C14H22BrClN4O2. The summed E-state index contributed by atoms with van der Waals surface area (Å²) >= 11 is 9.64.